The van der Waals surface area contributed by atoms with E-state index in [1.165, 1.54) is 5.56 Å². The molecule has 0 saturated heterocycles. The van der Waals surface area contributed by atoms with E-state index >= 15 is 0 Å². The number of carbonyl (C=O) groups is 1. The summed E-state index contributed by atoms with van der Waals surface area (Å²) in [5.74, 6) is 0.0472. The van der Waals surface area contributed by atoms with Gasteiger partial charge in [-0.05, 0) is 24.3 Å². The number of benzene rings is 1. The Bertz CT molecular complexity index is 401. The zero-order chi connectivity index (χ0) is 14.5. The van der Waals surface area contributed by atoms with Gasteiger partial charge in [-0.15, -0.1) is 12.4 Å². The van der Waals surface area contributed by atoms with Crippen molar-refractivity contribution in [3.05, 3.63) is 35.9 Å². The highest BCUT2D eigenvalue weighted by Crippen LogP contribution is 2.19. The number of rotatable bonds is 5. The van der Waals surface area contributed by atoms with E-state index in [4.69, 9.17) is 5.73 Å². The third-order valence-electron chi connectivity index (χ3n) is 3.41. The summed E-state index contributed by atoms with van der Waals surface area (Å²) < 4.78 is 0. The second-order valence-electron chi connectivity index (χ2n) is 6.00. The summed E-state index contributed by atoms with van der Waals surface area (Å²) in [6, 6.07) is 9.78. The second-order valence-corrected chi connectivity index (χ2v) is 6.00. The first-order valence-corrected chi connectivity index (χ1v) is 6.94. The highest BCUT2D eigenvalue weighted by molar-refractivity contribution is 5.85. The Morgan fingerprint density at radius 1 is 1.25 bits per heavy atom. The molecule has 0 aromatic heterocycles. The van der Waals surface area contributed by atoms with Gasteiger partial charge >= 0.3 is 0 Å². The molecule has 1 aromatic rings. The van der Waals surface area contributed by atoms with Crippen molar-refractivity contribution in [1.82, 2.24) is 4.90 Å². The number of nitrogens with two attached hydrogens (primary N) is 1. The van der Waals surface area contributed by atoms with E-state index in [2.05, 4.69) is 12.1 Å². The van der Waals surface area contributed by atoms with Crippen LogP contribution in [0.15, 0.2) is 30.3 Å². The average molecular weight is 299 g/mol. The van der Waals surface area contributed by atoms with Crippen LogP contribution < -0.4 is 5.73 Å². The van der Waals surface area contributed by atoms with Crippen molar-refractivity contribution < 1.29 is 4.79 Å². The number of nitrogens with zero attached hydrogens (tertiary/aromatic N) is 1. The third kappa shape index (κ3) is 5.51. The lowest BCUT2D eigenvalue weighted by Gasteiger charge is -2.31. The van der Waals surface area contributed by atoms with E-state index in [0.29, 0.717) is 6.54 Å². The molecule has 0 bridgehead atoms. The van der Waals surface area contributed by atoms with Gasteiger partial charge in [0.15, 0.2) is 0 Å². The van der Waals surface area contributed by atoms with Crippen molar-refractivity contribution in [2.45, 2.75) is 40.2 Å². The van der Waals surface area contributed by atoms with Crippen molar-refractivity contribution in [2.75, 3.05) is 13.1 Å². The highest BCUT2D eigenvalue weighted by atomic mass is 35.5. The molecule has 1 atom stereocenters. The molecule has 0 saturated carbocycles. The smallest absolute Gasteiger partial charge is 0.240 e. The molecular formula is C16H27ClN2O. The molecule has 0 radical (unpaired) electrons. The van der Waals surface area contributed by atoms with Crippen molar-refractivity contribution in [3.8, 4) is 0 Å². The van der Waals surface area contributed by atoms with Gasteiger partial charge in [0.05, 0.1) is 6.04 Å². The van der Waals surface area contributed by atoms with Gasteiger partial charge in [-0.25, -0.2) is 0 Å². The average Bonchev–Trinajstić information content (AvgIpc) is 2.38. The monoisotopic (exact) mass is 298 g/mol. The molecule has 0 aliphatic heterocycles. The quantitative estimate of drug-likeness (QED) is 0.908. The minimum absolute atomic E-state index is 0. The molecule has 3 nitrogen and oxygen atoms in total. The number of carbonyl (C=O) groups excluding carboxylic acids is 1. The number of likely N-dealkylation sites (N-methyl/N-ethyl adjacent to an activating group) is 1. The second kappa shape index (κ2) is 8.28. The van der Waals surface area contributed by atoms with E-state index in [1.54, 1.807) is 0 Å². The van der Waals surface area contributed by atoms with Gasteiger partial charge in [-0.2, -0.15) is 0 Å². The molecule has 0 heterocycles. The van der Waals surface area contributed by atoms with E-state index in [9.17, 15) is 4.79 Å². The molecular weight excluding hydrogens is 272 g/mol. The van der Waals surface area contributed by atoms with Gasteiger partial charge in [0.1, 0.15) is 0 Å². The molecule has 1 amide bonds. The normalized spacial score (nSPS) is 12.4. The number of hydrogen-bond donors (Lipinski definition) is 1. The maximum Gasteiger partial charge on any atom is 0.240 e. The Kier molecular flexibility index (Phi) is 7.84. The van der Waals surface area contributed by atoms with Crippen molar-refractivity contribution in [3.63, 3.8) is 0 Å². The Hall–Kier alpha value is -1.06. The first kappa shape index (κ1) is 18.9. The fraction of sp³-hybridized carbons (Fsp3) is 0.562. The zero-order valence-electron chi connectivity index (χ0n) is 12.9. The summed E-state index contributed by atoms with van der Waals surface area (Å²) in [5, 5.41) is 0. The number of hydrogen-bond acceptors (Lipinski definition) is 2. The fourth-order valence-corrected chi connectivity index (χ4v) is 1.90. The first-order valence-electron chi connectivity index (χ1n) is 6.94. The predicted octanol–water partition coefficient (Wildman–Crippen LogP) is 2.87. The van der Waals surface area contributed by atoms with Crippen LogP contribution in [0.2, 0.25) is 0 Å². The molecule has 0 aliphatic carbocycles. The standard InChI is InChI=1S/C16H26N2O.ClH/c1-5-18(15(19)14(17)16(2,3)4)12-11-13-9-7-6-8-10-13;/h6-10,14H,5,11-12,17H2,1-4H3;1H/t14-;/m1./s1. The Labute approximate surface area is 128 Å². The van der Waals surface area contributed by atoms with Gasteiger partial charge in [0.2, 0.25) is 5.91 Å². The number of amides is 1. The van der Waals surface area contributed by atoms with Crippen LogP contribution in [0.3, 0.4) is 0 Å². The lowest BCUT2D eigenvalue weighted by Crippen LogP contribution is -2.50. The topological polar surface area (TPSA) is 46.3 Å². The van der Waals surface area contributed by atoms with Crippen molar-refractivity contribution in [2.24, 2.45) is 11.1 Å². The largest absolute Gasteiger partial charge is 0.341 e. The summed E-state index contributed by atoms with van der Waals surface area (Å²) in [7, 11) is 0. The van der Waals surface area contributed by atoms with Crippen LogP contribution in [0.25, 0.3) is 0 Å². The van der Waals surface area contributed by atoms with Gasteiger partial charge in [-0.1, -0.05) is 51.1 Å². The van der Waals surface area contributed by atoms with Gasteiger partial charge in [0, 0.05) is 13.1 Å². The molecule has 0 aliphatic rings. The maximum atomic E-state index is 12.3. The summed E-state index contributed by atoms with van der Waals surface area (Å²) in [5.41, 5.74) is 7.10. The van der Waals surface area contributed by atoms with Crippen LogP contribution in [0.5, 0.6) is 0 Å². The van der Waals surface area contributed by atoms with Crippen molar-refractivity contribution >= 4 is 18.3 Å². The molecule has 2 N–H and O–H groups in total. The molecule has 20 heavy (non-hydrogen) atoms. The van der Waals surface area contributed by atoms with Crippen LogP contribution in [0.4, 0.5) is 0 Å². The molecule has 0 unspecified atom stereocenters. The van der Waals surface area contributed by atoms with Crippen LogP contribution in [0, 0.1) is 5.41 Å². The van der Waals surface area contributed by atoms with Gasteiger partial charge < -0.3 is 10.6 Å². The molecule has 1 aromatic carbocycles. The SMILES string of the molecule is CCN(CCc1ccccc1)C(=O)[C@@H](N)C(C)(C)C.Cl. The summed E-state index contributed by atoms with van der Waals surface area (Å²) in [4.78, 5) is 14.2. The fourth-order valence-electron chi connectivity index (χ4n) is 1.90. The Balaban J connectivity index is 0.00000361. The van der Waals surface area contributed by atoms with Crippen LogP contribution in [0.1, 0.15) is 33.3 Å². The van der Waals surface area contributed by atoms with E-state index in [-0.39, 0.29) is 23.7 Å². The van der Waals surface area contributed by atoms with Crippen molar-refractivity contribution in [1.29, 1.82) is 0 Å². The zero-order valence-corrected chi connectivity index (χ0v) is 13.7. The lowest BCUT2D eigenvalue weighted by molar-refractivity contribution is -0.134. The Morgan fingerprint density at radius 3 is 2.25 bits per heavy atom. The van der Waals surface area contributed by atoms with Gasteiger partial charge in [-0.3, -0.25) is 4.79 Å². The minimum Gasteiger partial charge on any atom is -0.341 e. The minimum atomic E-state index is -0.441. The molecule has 0 spiro atoms. The van der Waals surface area contributed by atoms with E-state index in [0.717, 1.165) is 13.0 Å². The predicted molar refractivity (Wildman–Crippen MR) is 87.1 cm³/mol. The first-order chi connectivity index (χ1) is 8.86. The van der Waals surface area contributed by atoms with Crippen LogP contribution in [-0.4, -0.2) is 29.9 Å². The third-order valence-corrected chi connectivity index (χ3v) is 3.41. The van der Waals surface area contributed by atoms with E-state index in [1.807, 2.05) is 50.8 Å². The van der Waals surface area contributed by atoms with E-state index < -0.39 is 6.04 Å². The maximum absolute atomic E-state index is 12.3. The Morgan fingerprint density at radius 2 is 1.80 bits per heavy atom. The summed E-state index contributed by atoms with van der Waals surface area (Å²) >= 11 is 0. The lowest BCUT2D eigenvalue weighted by atomic mass is 9.86. The molecule has 1 rings (SSSR count). The number of halogens is 1. The van der Waals surface area contributed by atoms with Gasteiger partial charge in [0.25, 0.3) is 0 Å². The molecule has 114 valence electrons. The molecule has 4 heteroatoms. The molecule has 0 fully saturated rings. The summed E-state index contributed by atoms with van der Waals surface area (Å²) in [6.45, 7) is 9.43. The summed E-state index contributed by atoms with van der Waals surface area (Å²) in [6.07, 6.45) is 0.872. The van der Waals surface area contributed by atoms with Crippen LogP contribution in [-0.2, 0) is 11.2 Å². The van der Waals surface area contributed by atoms with Crippen LogP contribution >= 0.6 is 12.4 Å². The highest BCUT2D eigenvalue weighted by Gasteiger charge is 2.30.